The zero-order valence-electron chi connectivity index (χ0n) is 10.00. The first-order valence-corrected chi connectivity index (χ1v) is 6.53. The van der Waals surface area contributed by atoms with Crippen molar-refractivity contribution in [3.63, 3.8) is 0 Å². The number of benzene rings is 1. The highest BCUT2D eigenvalue weighted by atomic mass is 127. The normalized spacial score (nSPS) is 10.6. The minimum Gasteiger partial charge on any atom is -0.398 e. The number of anilines is 1. The SMILES string of the molecule is CC(C)OCCNC(=O)c1ccc(N)c(I)c1. The molecule has 3 N–H and O–H groups in total. The molecule has 0 saturated carbocycles. The Balaban J connectivity index is 2.44. The average Bonchev–Trinajstić information content (AvgIpc) is 2.27. The second-order valence-electron chi connectivity index (χ2n) is 3.91. The van der Waals surface area contributed by atoms with Gasteiger partial charge in [0.25, 0.3) is 5.91 Å². The Morgan fingerprint density at radius 3 is 2.82 bits per heavy atom. The van der Waals surface area contributed by atoms with Crippen LogP contribution in [0.25, 0.3) is 0 Å². The van der Waals surface area contributed by atoms with Crippen molar-refractivity contribution >= 4 is 34.2 Å². The number of nitrogens with one attached hydrogen (secondary N) is 1. The molecule has 0 aliphatic carbocycles. The van der Waals surface area contributed by atoms with Gasteiger partial charge in [0.2, 0.25) is 0 Å². The van der Waals surface area contributed by atoms with Crippen LogP contribution in [0.4, 0.5) is 5.69 Å². The first-order chi connectivity index (χ1) is 8.00. The highest BCUT2D eigenvalue weighted by Crippen LogP contribution is 2.16. The number of ether oxygens (including phenoxy) is 1. The van der Waals surface area contributed by atoms with E-state index < -0.39 is 0 Å². The van der Waals surface area contributed by atoms with E-state index in [1.165, 1.54) is 0 Å². The lowest BCUT2D eigenvalue weighted by Crippen LogP contribution is -2.28. The Bertz CT molecular complexity index is 394. The van der Waals surface area contributed by atoms with Crippen molar-refractivity contribution in [1.29, 1.82) is 0 Å². The molecule has 1 amide bonds. The second kappa shape index (κ2) is 6.80. The minimum absolute atomic E-state index is 0.102. The molecular formula is C12H17IN2O2. The number of amides is 1. The summed E-state index contributed by atoms with van der Waals surface area (Å²) in [5, 5.41) is 2.79. The molecule has 0 bridgehead atoms. The Labute approximate surface area is 115 Å². The molecule has 17 heavy (non-hydrogen) atoms. The summed E-state index contributed by atoms with van der Waals surface area (Å²) in [4.78, 5) is 11.7. The second-order valence-corrected chi connectivity index (χ2v) is 5.07. The van der Waals surface area contributed by atoms with Crippen LogP contribution >= 0.6 is 22.6 Å². The van der Waals surface area contributed by atoms with E-state index >= 15 is 0 Å². The van der Waals surface area contributed by atoms with Crippen LogP contribution in [-0.2, 0) is 4.74 Å². The van der Waals surface area contributed by atoms with E-state index in [0.717, 1.165) is 3.57 Å². The number of hydrogen-bond donors (Lipinski definition) is 2. The fourth-order valence-corrected chi connectivity index (χ4v) is 1.74. The predicted octanol–water partition coefficient (Wildman–Crippen LogP) is 2.03. The standard InChI is InChI=1S/C12H17IN2O2/c1-8(2)17-6-5-15-12(16)9-3-4-11(14)10(13)7-9/h3-4,7-8H,5-6,14H2,1-2H3,(H,15,16). The quantitative estimate of drug-likeness (QED) is 0.486. The number of nitrogens with two attached hydrogens (primary N) is 1. The number of hydrogen-bond acceptors (Lipinski definition) is 3. The van der Waals surface area contributed by atoms with Crippen molar-refractivity contribution < 1.29 is 9.53 Å². The van der Waals surface area contributed by atoms with Gasteiger partial charge in [0.15, 0.2) is 0 Å². The van der Waals surface area contributed by atoms with Crippen molar-refractivity contribution in [3.8, 4) is 0 Å². The van der Waals surface area contributed by atoms with E-state index in [1.807, 2.05) is 13.8 Å². The van der Waals surface area contributed by atoms with Crippen molar-refractivity contribution in [2.75, 3.05) is 18.9 Å². The third-order valence-electron chi connectivity index (χ3n) is 2.10. The molecule has 5 heteroatoms. The van der Waals surface area contributed by atoms with Crippen LogP contribution in [0, 0.1) is 3.57 Å². The van der Waals surface area contributed by atoms with Gasteiger partial charge in [-0.1, -0.05) is 0 Å². The summed E-state index contributed by atoms with van der Waals surface area (Å²) in [6.45, 7) is 4.96. The molecule has 0 atom stereocenters. The molecule has 0 spiro atoms. The van der Waals surface area contributed by atoms with Gasteiger partial charge in [-0.25, -0.2) is 0 Å². The van der Waals surface area contributed by atoms with Crippen molar-refractivity contribution in [3.05, 3.63) is 27.3 Å². The Hall–Kier alpha value is -0.820. The van der Waals surface area contributed by atoms with E-state index in [2.05, 4.69) is 27.9 Å². The summed E-state index contributed by atoms with van der Waals surface area (Å²) in [6.07, 6.45) is 0.185. The highest BCUT2D eigenvalue weighted by Gasteiger charge is 2.06. The van der Waals surface area contributed by atoms with Gasteiger partial charge in [0, 0.05) is 21.4 Å². The van der Waals surface area contributed by atoms with Gasteiger partial charge in [-0.3, -0.25) is 4.79 Å². The molecule has 0 aromatic heterocycles. The largest absolute Gasteiger partial charge is 0.398 e. The first-order valence-electron chi connectivity index (χ1n) is 5.45. The van der Waals surface area contributed by atoms with Gasteiger partial charge in [0.05, 0.1) is 12.7 Å². The molecular weight excluding hydrogens is 331 g/mol. The summed E-state index contributed by atoms with van der Waals surface area (Å²) in [5.41, 5.74) is 6.99. The molecule has 0 aliphatic heterocycles. The van der Waals surface area contributed by atoms with Crippen LogP contribution in [0.2, 0.25) is 0 Å². The van der Waals surface area contributed by atoms with Crippen molar-refractivity contribution in [1.82, 2.24) is 5.32 Å². The van der Waals surface area contributed by atoms with Gasteiger partial charge in [-0.15, -0.1) is 0 Å². The molecule has 4 nitrogen and oxygen atoms in total. The van der Waals surface area contributed by atoms with Gasteiger partial charge >= 0.3 is 0 Å². The van der Waals surface area contributed by atoms with Crippen LogP contribution in [-0.4, -0.2) is 25.2 Å². The van der Waals surface area contributed by atoms with Gasteiger partial charge < -0.3 is 15.8 Å². The number of rotatable bonds is 5. The molecule has 1 aromatic rings. The van der Waals surface area contributed by atoms with Gasteiger partial charge in [-0.05, 0) is 54.6 Å². The molecule has 0 unspecified atom stereocenters. The first kappa shape index (κ1) is 14.2. The number of carbonyl (C=O) groups excluding carboxylic acids is 1. The van der Waals surface area contributed by atoms with E-state index in [0.29, 0.717) is 24.4 Å². The van der Waals surface area contributed by atoms with Crippen LogP contribution in [0.1, 0.15) is 24.2 Å². The molecule has 0 aliphatic rings. The molecule has 0 saturated heterocycles. The Morgan fingerprint density at radius 2 is 2.24 bits per heavy atom. The third-order valence-corrected chi connectivity index (χ3v) is 3.04. The Kier molecular flexibility index (Phi) is 5.70. The summed E-state index contributed by atoms with van der Waals surface area (Å²) < 4.78 is 6.22. The third kappa shape index (κ3) is 4.91. The molecule has 1 rings (SSSR count). The van der Waals surface area contributed by atoms with Crippen LogP contribution in [0.5, 0.6) is 0 Å². The molecule has 1 aromatic carbocycles. The van der Waals surface area contributed by atoms with E-state index in [4.69, 9.17) is 10.5 Å². The Morgan fingerprint density at radius 1 is 1.53 bits per heavy atom. The smallest absolute Gasteiger partial charge is 0.251 e. The molecule has 0 fully saturated rings. The topological polar surface area (TPSA) is 64.3 Å². The lowest BCUT2D eigenvalue weighted by atomic mass is 10.2. The van der Waals surface area contributed by atoms with E-state index in [-0.39, 0.29) is 12.0 Å². The maximum absolute atomic E-state index is 11.7. The number of halogens is 1. The lowest BCUT2D eigenvalue weighted by Gasteiger charge is -2.09. The summed E-state index contributed by atoms with van der Waals surface area (Å²) >= 11 is 2.11. The number of carbonyl (C=O) groups is 1. The molecule has 0 radical (unpaired) electrons. The fourth-order valence-electron chi connectivity index (χ4n) is 1.23. The van der Waals surface area contributed by atoms with Gasteiger partial charge in [-0.2, -0.15) is 0 Å². The van der Waals surface area contributed by atoms with Crippen molar-refractivity contribution in [2.24, 2.45) is 0 Å². The average molecular weight is 348 g/mol. The zero-order valence-corrected chi connectivity index (χ0v) is 12.2. The van der Waals surface area contributed by atoms with Crippen LogP contribution in [0.15, 0.2) is 18.2 Å². The highest BCUT2D eigenvalue weighted by molar-refractivity contribution is 14.1. The summed E-state index contributed by atoms with van der Waals surface area (Å²) in [6, 6.07) is 5.23. The lowest BCUT2D eigenvalue weighted by molar-refractivity contribution is 0.0746. The van der Waals surface area contributed by atoms with Crippen molar-refractivity contribution in [2.45, 2.75) is 20.0 Å². The van der Waals surface area contributed by atoms with E-state index in [9.17, 15) is 4.79 Å². The van der Waals surface area contributed by atoms with Gasteiger partial charge in [0.1, 0.15) is 0 Å². The number of nitrogen functional groups attached to an aromatic ring is 1. The fraction of sp³-hybridized carbons (Fsp3) is 0.417. The van der Waals surface area contributed by atoms with Crippen LogP contribution < -0.4 is 11.1 Å². The maximum atomic E-state index is 11.7. The monoisotopic (exact) mass is 348 g/mol. The summed E-state index contributed by atoms with van der Waals surface area (Å²) in [5.74, 6) is -0.102. The molecule has 94 valence electrons. The van der Waals surface area contributed by atoms with Crippen LogP contribution in [0.3, 0.4) is 0 Å². The van der Waals surface area contributed by atoms with E-state index in [1.54, 1.807) is 18.2 Å². The summed E-state index contributed by atoms with van der Waals surface area (Å²) in [7, 11) is 0. The zero-order chi connectivity index (χ0) is 12.8. The maximum Gasteiger partial charge on any atom is 0.251 e. The predicted molar refractivity (Wildman–Crippen MR) is 77.0 cm³/mol. The minimum atomic E-state index is -0.102. The molecule has 0 heterocycles.